The third-order valence-corrected chi connectivity index (χ3v) is 3.76. The number of anilines is 1. The van der Waals surface area contributed by atoms with Crippen molar-refractivity contribution in [3.63, 3.8) is 0 Å². The van der Waals surface area contributed by atoms with Gasteiger partial charge in [-0.15, -0.1) is 0 Å². The van der Waals surface area contributed by atoms with Gasteiger partial charge >= 0.3 is 0 Å². The second-order valence-corrected chi connectivity index (χ2v) is 5.52. The van der Waals surface area contributed by atoms with E-state index in [4.69, 9.17) is 4.74 Å². The molecule has 1 aromatic rings. The molecule has 0 spiro atoms. The third kappa shape index (κ3) is 3.94. The van der Waals surface area contributed by atoms with Gasteiger partial charge in [-0.1, -0.05) is 13.8 Å². The molecule has 21 heavy (non-hydrogen) atoms. The van der Waals surface area contributed by atoms with E-state index in [1.165, 1.54) is 0 Å². The van der Waals surface area contributed by atoms with E-state index in [1.807, 2.05) is 24.0 Å². The predicted octanol–water partition coefficient (Wildman–Crippen LogP) is 2.54. The van der Waals surface area contributed by atoms with Gasteiger partial charge < -0.3 is 15.0 Å². The van der Waals surface area contributed by atoms with Crippen molar-refractivity contribution in [1.82, 2.24) is 9.88 Å². The van der Waals surface area contributed by atoms with Gasteiger partial charge in [-0.2, -0.15) is 0 Å². The van der Waals surface area contributed by atoms with Gasteiger partial charge in [0, 0.05) is 25.0 Å². The first-order valence-corrected chi connectivity index (χ1v) is 7.78. The van der Waals surface area contributed by atoms with Gasteiger partial charge in [-0.05, 0) is 31.9 Å². The van der Waals surface area contributed by atoms with E-state index in [0.717, 1.165) is 25.1 Å². The molecule has 2 unspecified atom stereocenters. The lowest BCUT2D eigenvalue weighted by Gasteiger charge is -2.38. The maximum absolute atomic E-state index is 12.7. The Morgan fingerprint density at radius 3 is 3.05 bits per heavy atom. The highest BCUT2D eigenvalue weighted by atomic mass is 16.5. The van der Waals surface area contributed by atoms with Crippen LogP contribution >= 0.6 is 0 Å². The highest BCUT2D eigenvalue weighted by Gasteiger charge is 2.30. The zero-order chi connectivity index (χ0) is 15.2. The van der Waals surface area contributed by atoms with Gasteiger partial charge in [-0.3, -0.25) is 9.78 Å². The fourth-order valence-corrected chi connectivity index (χ4v) is 2.50. The molecule has 2 heterocycles. The number of aromatic nitrogens is 1. The third-order valence-electron chi connectivity index (χ3n) is 3.76. The maximum Gasteiger partial charge on any atom is 0.272 e. The first kappa shape index (κ1) is 15.8. The molecule has 1 N–H and O–H groups in total. The van der Waals surface area contributed by atoms with Gasteiger partial charge in [0.2, 0.25) is 0 Å². The van der Waals surface area contributed by atoms with Gasteiger partial charge in [0.25, 0.3) is 5.91 Å². The van der Waals surface area contributed by atoms with Crippen molar-refractivity contribution in [3.05, 3.63) is 24.0 Å². The van der Waals surface area contributed by atoms with Gasteiger partial charge in [0.15, 0.2) is 0 Å². The Bertz CT molecular complexity index is 478. The van der Waals surface area contributed by atoms with Crippen molar-refractivity contribution in [3.8, 4) is 0 Å². The maximum atomic E-state index is 12.7. The zero-order valence-electron chi connectivity index (χ0n) is 13.1. The van der Waals surface area contributed by atoms with Crippen molar-refractivity contribution in [2.24, 2.45) is 0 Å². The number of hydrogen-bond donors (Lipinski definition) is 1. The Kier molecular flexibility index (Phi) is 5.56. The van der Waals surface area contributed by atoms with Gasteiger partial charge in [0.1, 0.15) is 5.69 Å². The molecule has 1 aromatic heterocycles. The largest absolute Gasteiger partial charge is 0.385 e. The molecule has 0 aliphatic carbocycles. The number of hydrogen-bond acceptors (Lipinski definition) is 4. The number of carbonyl (C=O) groups excluding carboxylic acids is 1. The molecule has 0 aromatic carbocycles. The van der Waals surface area contributed by atoms with Crippen LogP contribution in [0, 0.1) is 0 Å². The van der Waals surface area contributed by atoms with Gasteiger partial charge in [0.05, 0.1) is 18.8 Å². The first-order valence-electron chi connectivity index (χ1n) is 7.78. The molecule has 1 saturated heterocycles. The van der Waals surface area contributed by atoms with Crippen LogP contribution < -0.4 is 5.32 Å². The zero-order valence-corrected chi connectivity index (χ0v) is 13.1. The van der Waals surface area contributed by atoms with Gasteiger partial charge in [-0.25, -0.2) is 0 Å². The second kappa shape index (κ2) is 7.41. The van der Waals surface area contributed by atoms with Crippen LogP contribution in [-0.4, -0.2) is 47.6 Å². The highest BCUT2D eigenvalue weighted by molar-refractivity contribution is 5.93. The van der Waals surface area contributed by atoms with Crippen LogP contribution in [0.2, 0.25) is 0 Å². The SMILES string of the molecule is CCCNc1ccnc(C(=O)N2CC(C)OCC2CC)c1. The number of amides is 1. The second-order valence-electron chi connectivity index (χ2n) is 5.52. The Morgan fingerprint density at radius 1 is 1.52 bits per heavy atom. The number of pyridine rings is 1. The van der Waals surface area contributed by atoms with Crippen molar-refractivity contribution >= 4 is 11.6 Å². The normalized spacial score (nSPS) is 22.1. The summed E-state index contributed by atoms with van der Waals surface area (Å²) < 4.78 is 5.65. The number of rotatable bonds is 5. The van der Waals surface area contributed by atoms with Crippen LogP contribution in [0.4, 0.5) is 5.69 Å². The van der Waals surface area contributed by atoms with Crippen LogP contribution in [0.5, 0.6) is 0 Å². The smallest absolute Gasteiger partial charge is 0.272 e. The van der Waals surface area contributed by atoms with E-state index in [2.05, 4.69) is 24.1 Å². The molecule has 5 nitrogen and oxygen atoms in total. The van der Waals surface area contributed by atoms with Crippen molar-refractivity contribution in [1.29, 1.82) is 0 Å². The molecule has 2 rings (SSSR count). The summed E-state index contributed by atoms with van der Waals surface area (Å²) in [6, 6.07) is 3.87. The standard InChI is InChI=1S/C16H25N3O2/c1-4-7-17-13-6-8-18-15(9-13)16(20)19-10-12(3)21-11-14(19)5-2/h6,8-9,12,14H,4-5,7,10-11H2,1-3H3,(H,17,18). The minimum absolute atomic E-state index is 0.00264. The molecule has 1 aliphatic rings. The quantitative estimate of drug-likeness (QED) is 0.906. The Hall–Kier alpha value is -1.62. The summed E-state index contributed by atoms with van der Waals surface area (Å²) in [5, 5.41) is 3.29. The van der Waals surface area contributed by atoms with Crippen LogP contribution in [-0.2, 0) is 4.74 Å². The molecule has 0 radical (unpaired) electrons. The monoisotopic (exact) mass is 291 g/mol. The average molecular weight is 291 g/mol. The van der Waals surface area contributed by atoms with Crippen LogP contribution in [0.15, 0.2) is 18.3 Å². The summed E-state index contributed by atoms with van der Waals surface area (Å²) in [4.78, 5) is 18.9. The number of nitrogens with zero attached hydrogens (tertiary/aromatic N) is 2. The number of carbonyl (C=O) groups is 1. The number of nitrogens with one attached hydrogen (secondary N) is 1. The molecule has 0 bridgehead atoms. The molecular formula is C16H25N3O2. The van der Waals surface area contributed by atoms with E-state index >= 15 is 0 Å². The van der Waals surface area contributed by atoms with Crippen LogP contribution in [0.3, 0.4) is 0 Å². The van der Waals surface area contributed by atoms with E-state index in [1.54, 1.807) is 6.20 Å². The predicted molar refractivity (Wildman–Crippen MR) is 83.5 cm³/mol. The first-order chi connectivity index (χ1) is 10.2. The Morgan fingerprint density at radius 2 is 2.33 bits per heavy atom. The molecule has 1 aliphatic heterocycles. The van der Waals surface area contributed by atoms with E-state index in [0.29, 0.717) is 18.8 Å². The summed E-state index contributed by atoms with van der Waals surface area (Å²) in [5.41, 5.74) is 1.45. The molecule has 1 fully saturated rings. The van der Waals surface area contributed by atoms with E-state index in [9.17, 15) is 4.79 Å². The lowest BCUT2D eigenvalue weighted by atomic mass is 10.1. The lowest BCUT2D eigenvalue weighted by molar-refractivity contribution is -0.0445. The van der Waals surface area contributed by atoms with Crippen LogP contribution in [0.1, 0.15) is 44.1 Å². The molecule has 2 atom stereocenters. The molecule has 1 amide bonds. The fraction of sp³-hybridized carbons (Fsp3) is 0.625. The molecular weight excluding hydrogens is 266 g/mol. The van der Waals surface area contributed by atoms with Crippen LogP contribution in [0.25, 0.3) is 0 Å². The summed E-state index contributed by atoms with van der Waals surface area (Å²) in [6.45, 7) is 8.32. The van der Waals surface area contributed by atoms with E-state index in [-0.39, 0.29) is 18.1 Å². The van der Waals surface area contributed by atoms with Crippen molar-refractivity contribution < 1.29 is 9.53 Å². The summed E-state index contributed by atoms with van der Waals surface area (Å²) >= 11 is 0. The Balaban J connectivity index is 2.13. The summed E-state index contributed by atoms with van der Waals surface area (Å²) in [6.07, 6.45) is 3.71. The lowest BCUT2D eigenvalue weighted by Crippen LogP contribution is -2.51. The number of morpholine rings is 1. The summed E-state index contributed by atoms with van der Waals surface area (Å²) in [7, 11) is 0. The Labute approximate surface area is 126 Å². The highest BCUT2D eigenvalue weighted by Crippen LogP contribution is 2.18. The average Bonchev–Trinajstić information content (AvgIpc) is 2.52. The van der Waals surface area contributed by atoms with Crippen molar-refractivity contribution in [2.75, 3.05) is 25.0 Å². The van der Waals surface area contributed by atoms with Crippen molar-refractivity contribution in [2.45, 2.75) is 45.8 Å². The molecule has 0 saturated carbocycles. The summed E-state index contributed by atoms with van der Waals surface area (Å²) in [5.74, 6) is -0.00264. The molecule has 116 valence electrons. The molecule has 5 heteroatoms. The minimum atomic E-state index is -0.00264. The topological polar surface area (TPSA) is 54.5 Å². The van der Waals surface area contributed by atoms with E-state index < -0.39 is 0 Å². The number of ether oxygens (including phenoxy) is 1. The minimum Gasteiger partial charge on any atom is -0.385 e. The fourth-order valence-electron chi connectivity index (χ4n) is 2.50.